The molecule has 1 aromatic carbocycles. The molecule has 0 aliphatic heterocycles. The molecule has 0 atom stereocenters. The summed E-state index contributed by atoms with van der Waals surface area (Å²) in [6, 6.07) is 7.23. The molecule has 0 saturated heterocycles. The molecule has 9 nitrogen and oxygen atoms in total. The molecule has 0 saturated carbocycles. The van der Waals surface area contributed by atoms with Crippen molar-refractivity contribution in [3.63, 3.8) is 0 Å². The highest BCUT2D eigenvalue weighted by Crippen LogP contribution is 2.24. The van der Waals surface area contributed by atoms with Crippen molar-refractivity contribution in [3.8, 4) is 0 Å². The van der Waals surface area contributed by atoms with Gasteiger partial charge >= 0.3 is 5.97 Å². The molecule has 0 spiro atoms. The fourth-order valence-electron chi connectivity index (χ4n) is 2.23. The number of ether oxygens (including phenoxy) is 1. The number of hydrogen-bond acceptors (Lipinski definition) is 10. The van der Waals surface area contributed by atoms with Crippen molar-refractivity contribution in [2.24, 2.45) is 0 Å². The molecule has 12 heteroatoms. The number of hydrogen-bond donors (Lipinski definition) is 2. The summed E-state index contributed by atoms with van der Waals surface area (Å²) in [6.45, 7) is 4.03. The van der Waals surface area contributed by atoms with Crippen LogP contribution >= 0.6 is 34.7 Å². The number of carbonyl (C=O) groups is 2. The summed E-state index contributed by atoms with van der Waals surface area (Å²) < 4.78 is 10.5. The number of amides is 1. The van der Waals surface area contributed by atoms with Crippen LogP contribution in [0.4, 0.5) is 10.8 Å². The van der Waals surface area contributed by atoms with Gasteiger partial charge in [-0.2, -0.15) is 0 Å². The fraction of sp³-hybridized carbons (Fsp3) is 0.278. The Balaban J connectivity index is 1.46. The molecule has 0 radical (unpaired) electrons. The molecule has 2 heterocycles. The Morgan fingerprint density at radius 1 is 1.27 bits per heavy atom. The van der Waals surface area contributed by atoms with Gasteiger partial charge in [-0.1, -0.05) is 34.7 Å². The van der Waals surface area contributed by atoms with Gasteiger partial charge in [-0.25, -0.2) is 9.78 Å². The summed E-state index contributed by atoms with van der Waals surface area (Å²) in [5.41, 5.74) is 1.38. The monoisotopic (exact) mass is 467 g/mol. The number of esters is 1. The minimum atomic E-state index is -0.451. The van der Waals surface area contributed by atoms with Gasteiger partial charge in [-0.3, -0.25) is 4.79 Å². The van der Waals surface area contributed by atoms with E-state index < -0.39 is 5.97 Å². The van der Waals surface area contributed by atoms with E-state index in [2.05, 4.69) is 25.8 Å². The topological polar surface area (TPSA) is 119 Å². The number of aryl methyl sites for hydroxylation is 1. The Bertz CT molecular complexity index is 1020. The second-order valence-electron chi connectivity index (χ2n) is 5.81. The maximum atomic E-state index is 12.2. The lowest BCUT2D eigenvalue weighted by Crippen LogP contribution is -2.13. The van der Waals surface area contributed by atoms with Gasteiger partial charge in [-0.15, -0.1) is 10.2 Å². The zero-order valence-corrected chi connectivity index (χ0v) is 18.5. The normalized spacial score (nSPS) is 10.6. The third-order valence-electron chi connectivity index (χ3n) is 3.57. The van der Waals surface area contributed by atoms with E-state index in [1.165, 1.54) is 0 Å². The Labute approximate surface area is 185 Å². The molecular formula is C18H18ClN5O4S2. The third-order valence-corrected chi connectivity index (χ3v) is 5.69. The predicted octanol–water partition coefficient (Wildman–Crippen LogP) is 4.01. The van der Waals surface area contributed by atoms with Crippen molar-refractivity contribution in [3.05, 3.63) is 45.7 Å². The number of nitrogens with zero attached hydrogens (tertiary/aromatic N) is 3. The maximum absolute atomic E-state index is 12.2. The highest BCUT2D eigenvalue weighted by molar-refractivity contribution is 7.99. The zero-order valence-electron chi connectivity index (χ0n) is 16.1. The maximum Gasteiger partial charge on any atom is 0.350 e. The zero-order chi connectivity index (χ0) is 21.5. The largest absolute Gasteiger partial charge is 0.462 e. The van der Waals surface area contributed by atoms with E-state index in [-0.39, 0.29) is 23.5 Å². The predicted molar refractivity (Wildman–Crippen MR) is 115 cm³/mol. The third kappa shape index (κ3) is 6.18. The first-order valence-corrected chi connectivity index (χ1v) is 11.0. The first-order chi connectivity index (χ1) is 14.4. The van der Waals surface area contributed by atoms with Crippen LogP contribution in [0.15, 0.2) is 33.9 Å². The second kappa shape index (κ2) is 10.4. The molecule has 30 heavy (non-hydrogen) atoms. The second-order valence-corrected chi connectivity index (χ2v) is 8.18. The molecule has 158 valence electrons. The molecule has 2 aromatic heterocycles. The molecule has 0 fully saturated rings. The van der Waals surface area contributed by atoms with E-state index in [1.54, 1.807) is 26.0 Å². The van der Waals surface area contributed by atoms with Gasteiger partial charge in [0.25, 0.3) is 5.22 Å². The van der Waals surface area contributed by atoms with Crippen LogP contribution in [0.1, 0.15) is 28.2 Å². The lowest BCUT2D eigenvalue weighted by Gasteiger charge is -2.02. The van der Waals surface area contributed by atoms with Gasteiger partial charge in [0.2, 0.25) is 11.8 Å². The smallest absolute Gasteiger partial charge is 0.350 e. The summed E-state index contributed by atoms with van der Waals surface area (Å²) in [5, 5.41) is 14.9. The van der Waals surface area contributed by atoms with Crippen molar-refractivity contribution < 1.29 is 18.7 Å². The summed E-state index contributed by atoms with van der Waals surface area (Å²) in [4.78, 5) is 28.5. The summed E-state index contributed by atoms with van der Waals surface area (Å²) >= 11 is 8.03. The van der Waals surface area contributed by atoms with E-state index in [0.29, 0.717) is 33.2 Å². The highest BCUT2D eigenvalue weighted by Gasteiger charge is 2.18. The van der Waals surface area contributed by atoms with E-state index in [0.717, 1.165) is 28.8 Å². The van der Waals surface area contributed by atoms with Crippen LogP contribution in [-0.4, -0.2) is 39.4 Å². The van der Waals surface area contributed by atoms with Gasteiger partial charge in [0.05, 0.1) is 24.6 Å². The van der Waals surface area contributed by atoms with Crippen molar-refractivity contribution in [2.45, 2.75) is 25.6 Å². The van der Waals surface area contributed by atoms with E-state index in [4.69, 9.17) is 20.8 Å². The Kier molecular flexibility index (Phi) is 7.66. The molecule has 0 bridgehead atoms. The van der Waals surface area contributed by atoms with Crippen LogP contribution in [0.2, 0.25) is 5.02 Å². The number of benzene rings is 1. The average Bonchev–Trinajstić information content (AvgIpc) is 3.32. The lowest BCUT2D eigenvalue weighted by atomic mass is 10.3. The molecule has 0 aliphatic carbocycles. The van der Waals surface area contributed by atoms with Gasteiger partial charge < -0.3 is 19.8 Å². The number of nitrogens with one attached hydrogen (secondary N) is 2. The Morgan fingerprint density at radius 3 is 2.77 bits per heavy atom. The number of thioether (sulfide) groups is 1. The van der Waals surface area contributed by atoms with Gasteiger partial charge in [0.15, 0.2) is 5.13 Å². The van der Waals surface area contributed by atoms with Crippen molar-refractivity contribution in [1.82, 2.24) is 15.2 Å². The van der Waals surface area contributed by atoms with Gasteiger partial charge in [-0.05, 0) is 38.1 Å². The molecular weight excluding hydrogens is 450 g/mol. The lowest BCUT2D eigenvalue weighted by molar-refractivity contribution is -0.113. The molecule has 3 aromatic rings. The average molecular weight is 468 g/mol. The van der Waals surface area contributed by atoms with Gasteiger partial charge in [0, 0.05) is 10.7 Å². The molecule has 1 amide bonds. The molecule has 3 rings (SSSR count). The van der Waals surface area contributed by atoms with Crippen LogP contribution in [0.5, 0.6) is 0 Å². The quantitative estimate of drug-likeness (QED) is 0.355. The van der Waals surface area contributed by atoms with E-state index in [9.17, 15) is 9.59 Å². The van der Waals surface area contributed by atoms with Crippen molar-refractivity contribution >= 4 is 57.4 Å². The fourth-order valence-corrected chi connectivity index (χ4v) is 3.81. The molecule has 2 N–H and O–H groups in total. The van der Waals surface area contributed by atoms with Crippen LogP contribution in [0.3, 0.4) is 0 Å². The highest BCUT2D eigenvalue weighted by atomic mass is 35.5. The van der Waals surface area contributed by atoms with Crippen LogP contribution < -0.4 is 10.6 Å². The number of thiazole rings is 1. The summed E-state index contributed by atoms with van der Waals surface area (Å²) in [5.74, 6) is -0.307. The first kappa shape index (κ1) is 22.1. The standard InChI is InChI=1S/C18H18ClN5O4S2/c1-3-27-16(26)15-10(2)21-17(30-15)22-13(25)9-29-18-24-23-14(28-18)8-20-12-6-4-11(19)5-7-12/h4-7,20H,3,8-9H2,1-2H3,(H,21,22,25). The summed E-state index contributed by atoms with van der Waals surface area (Å²) in [6.07, 6.45) is 0. The van der Waals surface area contributed by atoms with Crippen LogP contribution in [-0.2, 0) is 16.1 Å². The molecule has 0 unspecified atom stereocenters. The number of aromatic nitrogens is 3. The van der Waals surface area contributed by atoms with Crippen LogP contribution in [0.25, 0.3) is 0 Å². The Hall–Kier alpha value is -2.63. The Morgan fingerprint density at radius 2 is 2.03 bits per heavy atom. The van der Waals surface area contributed by atoms with Crippen molar-refractivity contribution in [2.75, 3.05) is 23.0 Å². The number of carbonyl (C=O) groups excluding carboxylic acids is 2. The van der Waals surface area contributed by atoms with Crippen LogP contribution in [0, 0.1) is 6.92 Å². The number of halogens is 1. The minimum Gasteiger partial charge on any atom is -0.462 e. The van der Waals surface area contributed by atoms with E-state index >= 15 is 0 Å². The SMILES string of the molecule is CCOC(=O)c1sc(NC(=O)CSc2nnc(CNc3ccc(Cl)cc3)o2)nc1C. The number of anilines is 2. The number of rotatable bonds is 9. The van der Waals surface area contributed by atoms with E-state index in [1.807, 2.05) is 12.1 Å². The molecule has 0 aliphatic rings. The van der Waals surface area contributed by atoms with Crippen molar-refractivity contribution in [1.29, 1.82) is 0 Å². The first-order valence-electron chi connectivity index (χ1n) is 8.83. The summed E-state index contributed by atoms with van der Waals surface area (Å²) in [7, 11) is 0. The van der Waals surface area contributed by atoms with Gasteiger partial charge in [0.1, 0.15) is 4.88 Å². The minimum absolute atomic E-state index is 0.0552.